The largest absolute Gasteiger partial charge is 0.345 e. The Morgan fingerprint density at radius 2 is 1.92 bits per heavy atom. The van der Waals surface area contributed by atoms with E-state index in [2.05, 4.69) is 30.0 Å². The van der Waals surface area contributed by atoms with E-state index in [9.17, 15) is 0 Å². The molecular weight excluding hydrogens is 160 g/mol. The summed E-state index contributed by atoms with van der Waals surface area (Å²) in [5.41, 5.74) is 1.80. The molecule has 0 aliphatic heterocycles. The summed E-state index contributed by atoms with van der Waals surface area (Å²) in [5, 5.41) is 3.01. The Kier molecular flexibility index (Phi) is 5.28. The summed E-state index contributed by atoms with van der Waals surface area (Å²) in [6, 6.07) is 0. The molecule has 0 unspecified atom stereocenters. The molecule has 2 nitrogen and oxygen atoms in total. The zero-order chi connectivity index (χ0) is 10.3. The fourth-order valence-corrected chi connectivity index (χ4v) is 0.733. The van der Waals surface area contributed by atoms with Crippen LogP contribution in [0.15, 0.2) is 54.5 Å². The van der Waals surface area contributed by atoms with E-state index >= 15 is 0 Å². The zero-order valence-corrected chi connectivity index (χ0v) is 8.30. The molecule has 0 aliphatic rings. The van der Waals surface area contributed by atoms with Crippen LogP contribution in [0.2, 0.25) is 0 Å². The van der Waals surface area contributed by atoms with Crippen molar-refractivity contribution in [2.45, 2.75) is 13.8 Å². The predicted molar refractivity (Wildman–Crippen MR) is 59.5 cm³/mol. The third kappa shape index (κ3) is 5.67. The smallest absolute Gasteiger partial charge is 0.123 e. The molecule has 0 amide bonds. The van der Waals surface area contributed by atoms with E-state index in [0.29, 0.717) is 5.82 Å². The van der Waals surface area contributed by atoms with Crippen LogP contribution >= 0.6 is 0 Å². The molecule has 0 rings (SSSR count). The van der Waals surface area contributed by atoms with Crippen LogP contribution in [0.5, 0.6) is 0 Å². The third-order valence-corrected chi connectivity index (χ3v) is 1.32. The summed E-state index contributed by atoms with van der Waals surface area (Å²) in [6.45, 7) is 14.7. The molecule has 2 heteroatoms. The Labute approximate surface area is 80.1 Å². The second-order valence-corrected chi connectivity index (χ2v) is 2.61. The quantitative estimate of drug-likeness (QED) is 0.505. The van der Waals surface area contributed by atoms with Gasteiger partial charge in [-0.15, -0.1) is 0 Å². The normalized spacial score (nSPS) is 12.2. The Balaban J connectivity index is 4.24. The van der Waals surface area contributed by atoms with Crippen molar-refractivity contribution in [1.29, 1.82) is 0 Å². The van der Waals surface area contributed by atoms with Gasteiger partial charge in [0.2, 0.25) is 0 Å². The molecule has 0 fully saturated rings. The zero-order valence-electron chi connectivity index (χ0n) is 8.30. The molecule has 1 N–H and O–H groups in total. The maximum absolute atomic E-state index is 4.14. The van der Waals surface area contributed by atoms with Crippen LogP contribution in [0.25, 0.3) is 0 Å². The van der Waals surface area contributed by atoms with Gasteiger partial charge in [-0.05, 0) is 26.0 Å². The minimum atomic E-state index is 0.605. The van der Waals surface area contributed by atoms with Gasteiger partial charge in [0.15, 0.2) is 0 Å². The van der Waals surface area contributed by atoms with Crippen LogP contribution in [0, 0.1) is 0 Å². The van der Waals surface area contributed by atoms with Crippen molar-refractivity contribution in [2.24, 2.45) is 4.99 Å². The number of nitrogens with zero attached hydrogens (tertiary/aromatic N) is 1. The Bertz CT molecular complexity index is 270. The van der Waals surface area contributed by atoms with Crippen molar-refractivity contribution in [3.05, 3.63) is 49.5 Å². The Morgan fingerprint density at radius 1 is 1.31 bits per heavy atom. The predicted octanol–water partition coefficient (Wildman–Crippen LogP) is 2.78. The van der Waals surface area contributed by atoms with Gasteiger partial charge in [0.25, 0.3) is 0 Å². The van der Waals surface area contributed by atoms with Gasteiger partial charge < -0.3 is 5.32 Å². The topological polar surface area (TPSA) is 24.4 Å². The van der Waals surface area contributed by atoms with Crippen molar-refractivity contribution in [3.8, 4) is 0 Å². The lowest BCUT2D eigenvalue weighted by molar-refractivity contribution is 0.954. The number of rotatable bonds is 5. The van der Waals surface area contributed by atoms with E-state index < -0.39 is 0 Å². The van der Waals surface area contributed by atoms with Crippen LogP contribution in [-0.4, -0.2) is 5.71 Å². The molecule has 0 saturated carbocycles. The molecule has 0 bridgehead atoms. The van der Waals surface area contributed by atoms with Crippen LogP contribution in [0.4, 0.5) is 0 Å². The fraction of sp³-hybridized carbons (Fsp3) is 0.182. The van der Waals surface area contributed by atoms with Crippen molar-refractivity contribution < 1.29 is 0 Å². The summed E-state index contributed by atoms with van der Waals surface area (Å²) in [4.78, 5) is 4.14. The molecule has 0 aliphatic carbocycles. The number of allylic oxidation sites excluding steroid dienone is 4. The molecule has 70 valence electrons. The maximum atomic E-state index is 4.14. The summed E-state index contributed by atoms with van der Waals surface area (Å²) in [6.07, 6.45) is 5.24. The summed E-state index contributed by atoms with van der Waals surface area (Å²) in [5.74, 6) is 0.605. The molecular formula is C11H16N2. The summed E-state index contributed by atoms with van der Waals surface area (Å²) in [7, 11) is 0. The van der Waals surface area contributed by atoms with Crippen molar-refractivity contribution in [2.75, 3.05) is 0 Å². The standard InChI is InChI=1S/C11H16N2/c1-6-8-10(4)13-11(5)12-9(3)7-2/h6-8,13H,1-2,5H2,3-4H3/b10-8+,12-9?. The molecule has 0 aromatic heterocycles. The van der Waals surface area contributed by atoms with E-state index in [1.165, 1.54) is 0 Å². The van der Waals surface area contributed by atoms with E-state index in [-0.39, 0.29) is 0 Å². The van der Waals surface area contributed by atoms with Crippen molar-refractivity contribution >= 4 is 5.71 Å². The number of nitrogens with one attached hydrogen (secondary N) is 1. The highest BCUT2D eigenvalue weighted by Gasteiger charge is 1.90. The van der Waals surface area contributed by atoms with E-state index in [1.54, 1.807) is 12.2 Å². The Hall–Kier alpha value is -1.57. The highest BCUT2D eigenvalue weighted by molar-refractivity contribution is 5.92. The average Bonchev–Trinajstić information content (AvgIpc) is 2.04. The monoisotopic (exact) mass is 176 g/mol. The molecule has 0 saturated heterocycles. The van der Waals surface area contributed by atoms with Crippen LogP contribution in [-0.2, 0) is 0 Å². The van der Waals surface area contributed by atoms with E-state index in [4.69, 9.17) is 0 Å². The van der Waals surface area contributed by atoms with Crippen LogP contribution < -0.4 is 5.32 Å². The summed E-state index contributed by atoms with van der Waals surface area (Å²) < 4.78 is 0. The first-order valence-electron chi connectivity index (χ1n) is 4.03. The molecule has 0 aromatic rings. The lowest BCUT2D eigenvalue weighted by atomic mass is 10.4. The lowest BCUT2D eigenvalue weighted by Crippen LogP contribution is -2.08. The average molecular weight is 176 g/mol. The van der Waals surface area contributed by atoms with Gasteiger partial charge in [-0.2, -0.15) is 0 Å². The molecule has 0 atom stereocenters. The molecule has 0 radical (unpaired) electrons. The van der Waals surface area contributed by atoms with Gasteiger partial charge in [-0.3, -0.25) is 0 Å². The van der Waals surface area contributed by atoms with Gasteiger partial charge in [-0.1, -0.05) is 25.8 Å². The summed E-state index contributed by atoms with van der Waals surface area (Å²) >= 11 is 0. The van der Waals surface area contributed by atoms with Crippen molar-refractivity contribution in [1.82, 2.24) is 5.32 Å². The second-order valence-electron chi connectivity index (χ2n) is 2.61. The lowest BCUT2D eigenvalue weighted by Gasteiger charge is -2.04. The third-order valence-electron chi connectivity index (χ3n) is 1.32. The molecule has 0 aromatic carbocycles. The SMILES string of the molecule is C=C/C=C(\C)NC(=C)N=C(C)C=C. The van der Waals surface area contributed by atoms with Crippen LogP contribution in [0.1, 0.15) is 13.8 Å². The van der Waals surface area contributed by atoms with Gasteiger partial charge >= 0.3 is 0 Å². The highest BCUT2D eigenvalue weighted by Crippen LogP contribution is 1.95. The molecule has 0 heterocycles. The highest BCUT2D eigenvalue weighted by atomic mass is 15.0. The second kappa shape index (κ2) is 6.00. The first kappa shape index (κ1) is 11.4. The minimum Gasteiger partial charge on any atom is -0.345 e. The van der Waals surface area contributed by atoms with Gasteiger partial charge in [0.05, 0.1) is 0 Å². The minimum absolute atomic E-state index is 0.605. The van der Waals surface area contributed by atoms with E-state index in [0.717, 1.165) is 11.4 Å². The number of hydrogen-bond donors (Lipinski definition) is 1. The van der Waals surface area contributed by atoms with Gasteiger partial charge in [-0.25, -0.2) is 4.99 Å². The fourth-order valence-electron chi connectivity index (χ4n) is 0.733. The van der Waals surface area contributed by atoms with Crippen LogP contribution in [0.3, 0.4) is 0 Å². The molecule has 0 spiro atoms. The number of aliphatic imine (C=N–C) groups is 1. The number of hydrogen-bond acceptors (Lipinski definition) is 2. The first-order chi connectivity index (χ1) is 6.10. The first-order valence-corrected chi connectivity index (χ1v) is 4.03. The van der Waals surface area contributed by atoms with Crippen molar-refractivity contribution in [3.63, 3.8) is 0 Å². The van der Waals surface area contributed by atoms with Gasteiger partial charge in [0.1, 0.15) is 5.82 Å². The maximum Gasteiger partial charge on any atom is 0.123 e. The molecule has 13 heavy (non-hydrogen) atoms. The van der Waals surface area contributed by atoms with Gasteiger partial charge in [0, 0.05) is 11.4 Å². The van der Waals surface area contributed by atoms with E-state index in [1.807, 2.05) is 19.9 Å². The Morgan fingerprint density at radius 3 is 2.38 bits per heavy atom.